The monoisotopic (exact) mass is 254 g/mol. The Morgan fingerprint density at radius 2 is 1.82 bits per heavy atom. The van der Waals surface area contributed by atoms with Gasteiger partial charge in [0.05, 0.1) is 10.7 Å². The average molecular weight is 254 g/mol. The third-order valence-electron chi connectivity index (χ3n) is 3.54. The molecule has 0 aliphatic carbocycles. The van der Waals surface area contributed by atoms with Gasteiger partial charge in [-0.15, -0.1) is 11.3 Å². The van der Waals surface area contributed by atoms with Crippen LogP contribution in [0, 0.1) is 25.2 Å². The third kappa shape index (κ3) is 4.07. The lowest BCUT2D eigenvalue weighted by Gasteiger charge is -2.28. The van der Waals surface area contributed by atoms with Crippen molar-refractivity contribution in [3.63, 3.8) is 0 Å². The number of rotatable bonds is 4. The predicted octanol–water partition coefficient (Wildman–Crippen LogP) is 4.09. The standard InChI is InChI=1S/C14H26N2S/c1-9(14(5,6)7)8-15-10(2)13-11(3)16-12(4)17-13/h9-10,15H,8H2,1-7H3. The first-order valence-corrected chi connectivity index (χ1v) is 7.20. The van der Waals surface area contributed by atoms with E-state index in [9.17, 15) is 0 Å². The highest BCUT2D eigenvalue weighted by Gasteiger charge is 2.21. The average Bonchev–Trinajstić information content (AvgIpc) is 2.52. The summed E-state index contributed by atoms with van der Waals surface area (Å²) >= 11 is 1.81. The van der Waals surface area contributed by atoms with E-state index in [1.165, 1.54) is 10.6 Å². The molecule has 1 aromatic heterocycles. The molecule has 0 fully saturated rings. The summed E-state index contributed by atoms with van der Waals surface area (Å²) < 4.78 is 0. The first kappa shape index (κ1) is 14.7. The van der Waals surface area contributed by atoms with Gasteiger partial charge >= 0.3 is 0 Å². The molecule has 2 unspecified atom stereocenters. The van der Waals surface area contributed by atoms with Gasteiger partial charge < -0.3 is 5.32 Å². The maximum atomic E-state index is 4.49. The van der Waals surface area contributed by atoms with E-state index < -0.39 is 0 Å². The molecule has 0 aliphatic heterocycles. The summed E-state index contributed by atoms with van der Waals surface area (Å²) in [6.45, 7) is 16.7. The van der Waals surface area contributed by atoms with Gasteiger partial charge in [0.2, 0.25) is 0 Å². The van der Waals surface area contributed by atoms with Gasteiger partial charge in [0.15, 0.2) is 0 Å². The van der Waals surface area contributed by atoms with Gasteiger partial charge in [0, 0.05) is 10.9 Å². The minimum absolute atomic E-state index is 0.366. The number of hydrogen-bond acceptors (Lipinski definition) is 3. The Morgan fingerprint density at radius 1 is 1.24 bits per heavy atom. The van der Waals surface area contributed by atoms with E-state index in [0.717, 1.165) is 11.6 Å². The molecule has 0 aromatic carbocycles. The van der Waals surface area contributed by atoms with Crippen LogP contribution in [-0.2, 0) is 0 Å². The van der Waals surface area contributed by atoms with Crippen LogP contribution in [0.4, 0.5) is 0 Å². The van der Waals surface area contributed by atoms with Crippen molar-refractivity contribution < 1.29 is 0 Å². The summed E-state index contributed by atoms with van der Waals surface area (Å²) in [5.41, 5.74) is 1.54. The van der Waals surface area contributed by atoms with Crippen molar-refractivity contribution in [3.8, 4) is 0 Å². The Morgan fingerprint density at radius 3 is 2.24 bits per heavy atom. The number of nitrogens with zero attached hydrogens (tertiary/aromatic N) is 1. The van der Waals surface area contributed by atoms with E-state index in [1.54, 1.807) is 0 Å². The van der Waals surface area contributed by atoms with Crippen molar-refractivity contribution in [2.45, 2.75) is 54.5 Å². The number of hydrogen-bond donors (Lipinski definition) is 1. The van der Waals surface area contributed by atoms with Crippen LogP contribution in [0.5, 0.6) is 0 Å². The van der Waals surface area contributed by atoms with Crippen molar-refractivity contribution >= 4 is 11.3 Å². The number of thiazole rings is 1. The molecule has 1 aromatic rings. The molecule has 2 nitrogen and oxygen atoms in total. The molecule has 0 aliphatic rings. The van der Waals surface area contributed by atoms with Crippen LogP contribution in [-0.4, -0.2) is 11.5 Å². The molecule has 1 rings (SSSR count). The predicted molar refractivity (Wildman–Crippen MR) is 76.6 cm³/mol. The van der Waals surface area contributed by atoms with E-state index in [4.69, 9.17) is 0 Å². The lowest BCUT2D eigenvalue weighted by Crippen LogP contribution is -2.31. The zero-order valence-corrected chi connectivity index (χ0v) is 13.0. The fraction of sp³-hybridized carbons (Fsp3) is 0.786. The molecule has 0 amide bonds. The van der Waals surface area contributed by atoms with Gasteiger partial charge in [-0.3, -0.25) is 0 Å². The minimum Gasteiger partial charge on any atom is -0.309 e. The number of aryl methyl sites for hydroxylation is 2. The van der Waals surface area contributed by atoms with Crippen molar-refractivity contribution in [3.05, 3.63) is 15.6 Å². The summed E-state index contributed by atoms with van der Waals surface area (Å²) in [4.78, 5) is 5.86. The fourth-order valence-electron chi connectivity index (χ4n) is 1.70. The van der Waals surface area contributed by atoms with E-state index in [-0.39, 0.29) is 0 Å². The molecular formula is C14H26N2S. The van der Waals surface area contributed by atoms with Crippen molar-refractivity contribution in [2.24, 2.45) is 11.3 Å². The van der Waals surface area contributed by atoms with Crippen LogP contribution in [0.3, 0.4) is 0 Å². The maximum Gasteiger partial charge on any atom is 0.0900 e. The quantitative estimate of drug-likeness (QED) is 0.875. The smallest absolute Gasteiger partial charge is 0.0900 e. The zero-order valence-electron chi connectivity index (χ0n) is 12.2. The Balaban J connectivity index is 2.56. The molecule has 1 N–H and O–H groups in total. The van der Waals surface area contributed by atoms with E-state index in [2.05, 4.69) is 58.8 Å². The topological polar surface area (TPSA) is 24.9 Å². The molecular weight excluding hydrogens is 228 g/mol. The second-order valence-corrected chi connectivity index (χ2v) is 7.31. The second kappa shape index (κ2) is 5.49. The third-order valence-corrected chi connectivity index (χ3v) is 4.80. The second-order valence-electron chi connectivity index (χ2n) is 6.08. The van der Waals surface area contributed by atoms with Crippen LogP contribution in [0.15, 0.2) is 0 Å². The SMILES string of the molecule is Cc1nc(C)c(C(C)NCC(C)C(C)(C)C)s1. The van der Waals surface area contributed by atoms with Crippen LogP contribution in [0.1, 0.15) is 56.2 Å². The van der Waals surface area contributed by atoms with Gasteiger partial charge in [-0.05, 0) is 38.6 Å². The lowest BCUT2D eigenvalue weighted by atomic mass is 9.82. The largest absolute Gasteiger partial charge is 0.309 e. The Bertz CT molecular complexity index is 363. The summed E-state index contributed by atoms with van der Waals surface area (Å²) in [5.74, 6) is 0.666. The Kier molecular flexibility index (Phi) is 4.73. The molecule has 17 heavy (non-hydrogen) atoms. The van der Waals surface area contributed by atoms with Gasteiger partial charge in [0.1, 0.15) is 0 Å². The lowest BCUT2D eigenvalue weighted by molar-refractivity contribution is 0.247. The molecule has 3 heteroatoms. The highest BCUT2D eigenvalue weighted by molar-refractivity contribution is 7.11. The van der Waals surface area contributed by atoms with E-state index in [0.29, 0.717) is 17.4 Å². The van der Waals surface area contributed by atoms with Crippen LogP contribution in [0.2, 0.25) is 0 Å². The van der Waals surface area contributed by atoms with Crippen LogP contribution in [0.25, 0.3) is 0 Å². The normalized spacial score (nSPS) is 15.9. The summed E-state index contributed by atoms with van der Waals surface area (Å²) in [6, 6.07) is 0.408. The highest BCUT2D eigenvalue weighted by Crippen LogP contribution is 2.27. The first-order chi connectivity index (χ1) is 7.71. The van der Waals surface area contributed by atoms with Crippen molar-refractivity contribution in [2.75, 3.05) is 6.54 Å². The molecule has 2 atom stereocenters. The molecule has 0 bridgehead atoms. The van der Waals surface area contributed by atoms with Gasteiger partial charge in [-0.2, -0.15) is 0 Å². The summed E-state index contributed by atoms with van der Waals surface area (Å²) in [7, 11) is 0. The number of aromatic nitrogens is 1. The molecule has 98 valence electrons. The van der Waals surface area contributed by atoms with E-state index in [1.807, 2.05) is 11.3 Å². The minimum atomic E-state index is 0.366. The molecule has 0 spiro atoms. The Hall–Kier alpha value is -0.410. The van der Waals surface area contributed by atoms with Crippen LogP contribution < -0.4 is 5.32 Å². The number of nitrogens with one attached hydrogen (secondary N) is 1. The maximum absolute atomic E-state index is 4.49. The molecule has 0 radical (unpaired) electrons. The first-order valence-electron chi connectivity index (χ1n) is 6.39. The highest BCUT2D eigenvalue weighted by atomic mass is 32.1. The van der Waals surface area contributed by atoms with E-state index >= 15 is 0 Å². The Labute approximate surface area is 110 Å². The fourth-order valence-corrected chi connectivity index (χ4v) is 2.66. The molecule has 1 heterocycles. The van der Waals surface area contributed by atoms with Crippen molar-refractivity contribution in [1.82, 2.24) is 10.3 Å². The zero-order chi connectivity index (χ0) is 13.2. The summed E-state index contributed by atoms with van der Waals surface area (Å²) in [5, 5.41) is 4.79. The van der Waals surface area contributed by atoms with Gasteiger partial charge in [0.25, 0.3) is 0 Å². The molecule has 0 saturated carbocycles. The van der Waals surface area contributed by atoms with Crippen LogP contribution >= 0.6 is 11.3 Å². The van der Waals surface area contributed by atoms with Crippen molar-refractivity contribution in [1.29, 1.82) is 0 Å². The van der Waals surface area contributed by atoms with Gasteiger partial charge in [-0.1, -0.05) is 27.7 Å². The van der Waals surface area contributed by atoms with Gasteiger partial charge in [-0.25, -0.2) is 4.98 Å². The molecule has 0 saturated heterocycles. The summed E-state index contributed by atoms with van der Waals surface area (Å²) in [6.07, 6.45) is 0.